The molecule has 0 spiro atoms. The lowest BCUT2D eigenvalue weighted by atomic mass is 9.99. The van der Waals surface area contributed by atoms with Crippen LogP contribution in [-0.2, 0) is 6.42 Å². The molecular formula is C10H11ClN4. The third kappa shape index (κ3) is 1.60. The Bertz CT molecular complexity index is 489. The third-order valence-corrected chi connectivity index (χ3v) is 3.01. The molecule has 0 atom stereocenters. The van der Waals surface area contributed by atoms with E-state index in [9.17, 15) is 0 Å². The van der Waals surface area contributed by atoms with E-state index in [0.29, 0.717) is 10.9 Å². The van der Waals surface area contributed by atoms with Gasteiger partial charge in [0.15, 0.2) is 5.65 Å². The molecule has 2 aromatic rings. The van der Waals surface area contributed by atoms with Crippen molar-refractivity contribution in [3.05, 3.63) is 29.2 Å². The van der Waals surface area contributed by atoms with Crippen LogP contribution in [0.5, 0.6) is 0 Å². The van der Waals surface area contributed by atoms with Crippen molar-refractivity contribution < 1.29 is 0 Å². The molecule has 78 valence electrons. The number of rotatable bonds is 2. The highest BCUT2D eigenvalue weighted by molar-refractivity contribution is 6.30. The van der Waals surface area contributed by atoms with Crippen molar-refractivity contribution in [2.45, 2.75) is 6.42 Å². The molecule has 0 unspecified atom stereocenters. The summed E-state index contributed by atoms with van der Waals surface area (Å²) in [7, 11) is 0. The maximum Gasteiger partial charge on any atom is 0.162 e. The zero-order chi connectivity index (χ0) is 10.3. The SMILES string of the molecule is Clc1ccn2c(CC3CNC3)nnc2c1. The van der Waals surface area contributed by atoms with Gasteiger partial charge in [0.1, 0.15) is 5.82 Å². The van der Waals surface area contributed by atoms with Gasteiger partial charge in [0.25, 0.3) is 0 Å². The number of nitrogens with zero attached hydrogens (tertiary/aromatic N) is 3. The molecule has 5 heteroatoms. The number of aromatic nitrogens is 3. The largest absolute Gasteiger partial charge is 0.316 e. The van der Waals surface area contributed by atoms with E-state index < -0.39 is 0 Å². The van der Waals surface area contributed by atoms with Crippen molar-refractivity contribution in [3.63, 3.8) is 0 Å². The molecule has 1 N–H and O–H groups in total. The van der Waals surface area contributed by atoms with Crippen LogP contribution in [0.4, 0.5) is 0 Å². The maximum atomic E-state index is 5.88. The highest BCUT2D eigenvalue weighted by Crippen LogP contribution is 2.15. The van der Waals surface area contributed by atoms with Crippen LogP contribution in [0.2, 0.25) is 5.02 Å². The predicted octanol–water partition coefficient (Wildman–Crippen LogP) is 1.14. The summed E-state index contributed by atoms with van der Waals surface area (Å²) < 4.78 is 2.00. The highest BCUT2D eigenvalue weighted by atomic mass is 35.5. The molecule has 4 nitrogen and oxygen atoms in total. The van der Waals surface area contributed by atoms with Crippen molar-refractivity contribution in [2.75, 3.05) is 13.1 Å². The first-order valence-electron chi connectivity index (χ1n) is 5.03. The second-order valence-electron chi connectivity index (χ2n) is 3.92. The van der Waals surface area contributed by atoms with Crippen LogP contribution < -0.4 is 5.32 Å². The van der Waals surface area contributed by atoms with E-state index in [0.717, 1.165) is 31.0 Å². The third-order valence-electron chi connectivity index (χ3n) is 2.78. The lowest BCUT2D eigenvalue weighted by Gasteiger charge is -2.26. The Morgan fingerprint density at radius 1 is 1.47 bits per heavy atom. The Morgan fingerprint density at radius 2 is 2.33 bits per heavy atom. The Labute approximate surface area is 92.3 Å². The van der Waals surface area contributed by atoms with Crippen molar-refractivity contribution >= 4 is 17.2 Å². The first-order chi connectivity index (χ1) is 7.33. The van der Waals surface area contributed by atoms with Crippen LogP contribution in [0.3, 0.4) is 0 Å². The minimum atomic E-state index is 0.701. The van der Waals surface area contributed by atoms with E-state index in [-0.39, 0.29) is 0 Å². The van der Waals surface area contributed by atoms with Crippen LogP contribution in [0.1, 0.15) is 5.82 Å². The van der Waals surface area contributed by atoms with Gasteiger partial charge in [0, 0.05) is 23.7 Å². The predicted molar refractivity (Wildman–Crippen MR) is 58.1 cm³/mol. The van der Waals surface area contributed by atoms with Gasteiger partial charge in [-0.05, 0) is 25.1 Å². The zero-order valence-corrected chi connectivity index (χ0v) is 8.91. The molecule has 1 aliphatic heterocycles. The van der Waals surface area contributed by atoms with E-state index in [2.05, 4.69) is 15.5 Å². The van der Waals surface area contributed by atoms with E-state index in [1.165, 1.54) is 0 Å². The minimum absolute atomic E-state index is 0.701. The van der Waals surface area contributed by atoms with Crippen LogP contribution in [0.15, 0.2) is 18.3 Å². The summed E-state index contributed by atoms with van der Waals surface area (Å²) in [5, 5.41) is 12.2. The van der Waals surface area contributed by atoms with Crippen LogP contribution >= 0.6 is 11.6 Å². The van der Waals surface area contributed by atoms with Gasteiger partial charge in [0.2, 0.25) is 0 Å². The fraction of sp³-hybridized carbons (Fsp3) is 0.400. The second-order valence-corrected chi connectivity index (χ2v) is 4.35. The lowest BCUT2D eigenvalue weighted by molar-refractivity contribution is 0.340. The Kier molecular flexibility index (Phi) is 2.11. The van der Waals surface area contributed by atoms with E-state index in [1.807, 2.05) is 22.7 Å². The zero-order valence-electron chi connectivity index (χ0n) is 8.15. The number of hydrogen-bond acceptors (Lipinski definition) is 3. The molecule has 3 rings (SSSR count). The number of pyridine rings is 1. The molecule has 1 fully saturated rings. The van der Waals surface area contributed by atoms with Crippen LogP contribution in [0, 0.1) is 5.92 Å². The van der Waals surface area contributed by atoms with Crippen molar-refractivity contribution in [3.8, 4) is 0 Å². The number of fused-ring (bicyclic) bond motifs is 1. The molecule has 0 aromatic carbocycles. The monoisotopic (exact) mass is 222 g/mol. The summed E-state index contributed by atoms with van der Waals surface area (Å²) in [4.78, 5) is 0. The Balaban J connectivity index is 1.96. The Morgan fingerprint density at radius 3 is 3.07 bits per heavy atom. The number of nitrogens with one attached hydrogen (secondary N) is 1. The number of halogens is 1. The summed E-state index contributed by atoms with van der Waals surface area (Å²) in [6.07, 6.45) is 2.91. The molecule has 0 radical (unpaired) electrons. The molecule has 0 saturated carbocycles. The van der Waals surface area contributed by atoms with Gasteiger partial charge >= 0.3 is 0 Å². The molecule has 0 amide bonds. The van der Waals surface area contributed by atoms with Gasteiger partial charge in [-0.3, -0.25) is 4.40 Å². The van der Waals surface area contributed by atoms with E-state index in [4.69, 9.17) is 11.6 Å². The molecule has 1 saturated heterocycles. The Hall–Kier alpha value is -1.13. The standard InChI is InChI=1S/C10H11ClN4/c11-8-1-2-15-9(3-7-5-12-6-7)13-14-10(15)4-8/h1-2,4,7,12H,3,5-6H2. The summed E-state index contributed by atoms with van der Waals surface area (Å²) in [6.45, 7) is 2.17. The first kappa shape index (κ1) is 9.12. The summed E-state index contributed by atoms with van der Waals surface area (Å²) in [6, 6.07) is 3.69. The smallest absolute Gasteiger partial charge is 0.162 e. The van der Waals surface area contributed by atoms with Gasteiger partial charge in [-0.15, -0.1) is 10.2 Å². The van der Waals surface area contributed by atoms with Crippen molar-refractivity contribution in [1.29, 1.82) is 0 Å². The minimum Gasteiger partial charge on any atom is -0.316 e. The van der Waals surface area contributed by atoms with Crippen LogP contribution in [-0.4, -0.2) is 27.7 Å². The van der Waals surface area contributed by atoms with Crippen molar-refractivity contribution in [2.24, 2.45) is 5.92 Å². The summed E-state index contributed by atoms with van der Waals surface area (Å²) in [5.41, 5.74) is 0.824. The average Bonchev–Trinajstić information content (AvgIpc) is 2.54. The normalized spacial score (nSPS) is 16.9. The maximum absolute atomic E-state index is 5.88. The molecule has 0 bridgehead atoms. The summed E-state index contributed by atoms with van der Waals surface area (Å²) >= 11 is 5.88. The van der Waals surface area contributed by atoms with E-state index in [1.54, 1.807) is 0 Å². The van der Waals surface area contributed by atoms with Gasteiger partial charge in [-0.2, -0.15) is 0 Å². The second kappa shape index (κ2) is 3.47. The fourth-order valence-corrected chi connectivity index (χ4v) is 1.96. The van der Waals surface area contributed by atoms with Gasteiger partial charge in [-0.25, -0.2) is 0 Å². The van der Waals surface area contributed by atoms with Gasteiger partial charge in [-0.1, -0.05) is 11.6 Å². The fourth-order valence-electron chi connectivity index (χ4n) is 1.81. The lowest BCUT2D eigenvalue weighted by Crippen LogP contribution is -2.43. The molecule has 15 heavy (non-hydrogen) atoms. The molecular weight excluding hydrogens is 212 g/mol. The molecule has 2 aromatic heterocycles. The quantitative estimate of drug-likeness (QED) is 0.829. The van der Waals surface area contributed by atoms with Gasteiger partial charge in [0.05, 0.1) is 0 Å². The van der Waals surface area contributed by atoms with Crippen molar-refractivity contribution in [1.82, 2.24) is 19.9 Å². The van der Waals surface area contributed by atoms with E-state index >= 15 is 0 Å². The highest BCUT2D eigenvalue weighted by Gasteiger charge is 2.19. The molecule has 1 aliphatic rings. The van der Waals surface area contributed by atoms with Crippen LogP contribution in [0.25, 0.3) is 5.65 Å². The molecule has 0 aliphatic carbocycles. The first-order valence-corrected chi connectivity index (χ1v) is 5.40. The number of hydrogen-bond donors (Lipinski definition) is 1. The molecule has 3 heterocycles. The van der Waals surface area contributed by atoms with Gasteiger partial charge < -0.3 is 5.32 Å². The average molecular weight is 223 g/mol. The summed E-state index contributed by atoms with van der Waals surface area (Å²) in [5.74, 6) is 1.72. The topological polar surface area (TPSA) is 42.2 Å².